The minimum Gasteiger partial charge on any atom is -0.480 e. The average Bonchev–Trinajstić information content (AvgIpc) is 2.76. The minimum atomic E-state index is -4.12. The van der Waals surface area contributed by atoms with Crippen molar-refractivity contribution >= 4 is 43.7 Å². The molecule has 0 radical (unpaired) electrons. The number of piperidine rings is 1. The zero-order chi connectivity index (χ0) is 23.6. The number of hydrogen-bond acceptors (Lipinski definition) is 6. The third kappa shape index (κ3) is 8.85. The minimum absolute atomic E-state index is 0.0393. The summed E-state index contributed by atoms with van der Waals surface area (Å²) >= 11 is 3.12. The van der Waals surface area contributed by atoms with Gasteiger partial charge in [0, 0.05) is 30.4 Å². The lowest BCUT2D eigenvalue weighted by atomic mass is 9.93. The Bertz CT molecular complexity index is 905. The lowest BCUT2D eigenvalue weighted by Gasteiger charge is -2.22. The summed E-state index contributed by atoms with van der Waals surface area (Å²) in [5.74, 6) is -1.50. The van der Waals surface area contributed by atoms with E-state index in [-0.39, 0.29) is 28.2 Å². The molecule has 1 atom stereocenters. The standard InChI is InChI=1S/C20H29BrN4O6S/c21-15-3-1-2-4-17(15)32(30,31)25-16(20(28)29)13-24-19(27)9-12-23-18(26)6-5-14-7-10-22-11-8-14/h1-4,14,16,22,25H,5-13H2,(H,23,26)(H,24,27)(H,28,29). The van der Waals surface area contributed by atoms with Gasteiger partial charge in [0.1, 0.15) is 6.04 Å². The maximum atomic E-state index is 12.5. The molecule has 32 heavy (non-hydrogen) atoms. The average molecular weight is 533 g/mol. The van der Waals surface area contributed by atoms with E-state index in [9.17, 15) is 27.9 Å². The van der Waals surface area contributed by atoms with Gasteiger partial charge in [-0.15, -0.1) is 0 Å². The summed E-state index contributed by atoms with van der Waals surface area (Å²) in [5.41, 5.74) is 0. The van der Waals surface area contributed by atoms with Crippen LogP contribution >= 0.6 is 15.9 Å². The number of hydrogen-bond donors (Lipinski definition) is 5. The van der Waals surface area contributed by atoms with Crippen LogP contribution in [0.25, 0.3) is 0 Å². The largest absolute Gasteiger partial charge is 0.480 e. The van der Waals surface area contributed by atoms with Crippen molar-refractivity contribution in [3.63, 3.8) is 0 Å². The number of carboxylic acid groups (broad SMARTS) is 1. The van der Waals surface area contributed by atoms with Crippen molar-refractivity contribution in [2.45, 2.75) is 43.0 Å². The fourth-order valence-corrected chi connectivity index (χ4v) is 5.50. The van der Waals surface area contributed by atoms with Crippen LogP contribution in [-0.2, 0) is 24.4 Å². The maximum absolute atomic E-state index is 12.5. The molecule has 1 unspecified atom stereocenters. The van der Waals surface area contributed by atoms with Crippen molar-refractivity contribution in [3.8, 4) is 0 Å². The number of benzene rings is 1. The van der Waals surface area contributed by atoms with Crippen molar-refractivity contribution < 1.29 is 27.9 Å². The van der Waals surface area contributed by atoms with Crippen LogP contribution in [0.15, 0.2) is 33.6 Å². The van der Waals surface area contributed by atoms with Crippen molar-refractivity contribution in [3.05, 3.63) is 28.7 Å². The van der Waals surface area contributed by atoms with Crippen LogP contribution in [0, 0.1) is 5.92 Å². The molecule has 0 bridgehead atoms. The van der Waals surface area contributed by atoms with E-state index in [4.69, 9.17) is 0 Å². The van der Waals surface area contributed by atoms with E-state index in [2.05, 4.69) is 36.6 Å². The van der Waals surface area contributed by atoms with Gasteiger partial charge in [0.2, 0.25) is 21.8 Å². The second-order valence-electron chi connectivity index (χ2n) is 7.58. The molecular formula is C20H29BrN4O6S. The normalized spacial score (nSPS) is 15.7. The van der Waals surface area contributed by atoms with E-state index in [0.717, 1.165) is 32.4 Å². The van der Waals surface area contributed by atoms with Gasteiger partial charge in [-0.3, -0.25) is 14.4 Å². The van der Waals surface area contributed by atoms with Gasteiger partial charge < -0.3 is 21.1 Å². The summed E-state index contributed by atoms with van der Waals surface area (Å²) in [4.78, 5) is 35.3. The first-order valence-corrected chi connectivity index (χ1v) is 12.7. The molecule has 2 amide bonds. The lowest BCUT2D eigenvalue weighted by Crippen LogP contribution is -2.48. The van der Waals surface area contributed by atoms with Crippen molar-refractivity contribution in [2.75, 3.05) is 26.2 Å². The number of aliphatic carboxylic acids is 1. The zero-order valence-electron chi connectivity index (χ0n) is 17.6. The Morgan fingerprint density at radius 1 is 1.09 bits per heavy atom. The molecule has 10 nitrogen and oxygen atoms in total. The number of halogens is 1. The van der Waals surface area contributed by atoms with Gasteiger partial charge in [0.15, 0.2) is 0 Å². The zero-order valence-corrected chi connectivity index (χ0v) is 20.0. The molecule has 12 heteroatoms. The highest BCUT2D eigenvalue weighted by Gasteiger charge is 2.27. The van der Waals surface area contributed by atoms with E-state index < -0.39 is 34.5 Å². The monoisotopic (exact) mass is 532 g/mol. The Hall–Kier alpha value is -2.02. The fourth-order valence-electron chi connectivity index (χ4n) is 3.31. The van der Waals surface area contributed by atoms with Crippen LogP contribution in [0.2, 0.25) is 0 Å². The van der Waals surface area contributed by atoms with Gasteiger partial charge in [0.25, 0.3) is 0 Å². The number of carboxylic acids is 1. The van der Waals surface area contributed by atoms with Crippen LogP contribution in [0.5, 0.6) is 0 Å². The first kappa shape index (κ1) is 26.2. The van der Waals surface area contributed by atoms with E-state index in [1.165, 1.54) is 18.2 Å². The Labute approximate surface area is 196 Å². The highest BCUT2D eigenvalue weighted by Crippen LogP contribution is 2.21. The third-order valence-electron chi connectivity index (χ3n) is 5.14. The van der Waals surface area contributed by atoms with Gasteiger partial charge in [-0.2, -0.15) is 4.72 Å². The first-order valence-electron chi connectivity index (χ1n) is 10.4. The molecule has 1 heterocycles. The molecule has 1 saturated heterocycles. The Morgan fingerprint density at radius 2 is 1.75 bits per heavy atom. The molecule has 1 aliphatic heterocycles. The van der Waals surface area contributed by atoms with Crippen LogP contribution in [0.1, 0.15) is 32.1 Å². The van der Waals surface area contributed by atoms with Gasteiger partial charge in [-0.1, -0.05) is 12.1 Å². The van der Waals surface area contributed by atoms with E-state index in [0.29, 0.717) is 12.3 Å². The molecule has 0 saturated carbocycles. The SMILES string of the molecule is O=C(CCC1CCNCC1)NCCC(=O)NCC(NS(=O)(=O)c1ccccc1Br)C(=O)O. The van der Waals surface area contributed by atoms with Crippen LogP contribution in [0.4, 0.5) is 0 Å². The molecule has 1 aromatic rings. The number of rotatable bonds is 12. The van der Waals surface area contributed by atoms with Crippen LogP contribution in [0.3, 0.4) is 0 Å². The van der Waals surface area contributed by atoms with Crippen LogP contribution in [-0.4, -0.2) is 63.5 Å². The van der Waals surface area contributed by atoms with Crippen LogP contribution < -0.4 is 20.7 Å². The predicted molar refractivity (Wildman–Crippen MR) is 121 cm³/mol. The van der Waals surface area contributed by atoms with E-state index in [1.807, 2.05) is 0 Å². The van der Waals surface area contributed by atoms with E-state index >= 15 is 0 Å². The second kappa shape index (κ2) is 12.9. The van der Waals surface area contributed by atoms with Gasteiger partial charge in [-0.05, 0) is 66.3 Å². The van der Waals surface area contributed by atoms with Crippen molar-refractivity contribution in [1.82, 2.24) is 20.7 Å². The second-order valence-corrected chi connectivity index (χ2v) is 10.1. The number of carbonyl (C=O) groups excluding carboxylic acids is 2. The van der Waals surface area contributed by atoms with Crippen molar-refractivity contribution in [1.29, 1.82) is 0 Å². The number of nitrogens with one attached hydrogen (secondary N) is 4. The number of amides is 2. The molecule has 1 aromatic carbocycles. The Kier molecular flexibility index (Phi) is 10.6. The molecular weight excluding hydrogens is 504 g/mol. The lowest BCUT2D eigenvalue weighted by molar-refractivity contribution is -0.138. The summed E-state index contributed by atoms with van der Waals surface area (Å²) in [6.45, 7) is 1.64. The summed E-state index contributed by atoms with van der Waals surface area (Å²) in [6, 6.07) is 4.45. The third-order valence-corrected chi connectivity index (χ3v) is 7.62. The smallest absolute Gasteiger partial charge is 0.323 e. The van der Waals surface area contributed by atoms with Gasteiger partial charge >= 0.3 is 5.97 Å². The molecule has 178 valence electrons. The molecule has 0 aliphatic carbocycles. The molecule has 0 spiro atoms. The molecule has 1 fully saturated rings. The Balaban J connectivity index is 1.73. The highest BCUT2D eigenvalue weighted by molar-refractivity contribution is 9.10. The summed E-state index contributed by atoms with van der Waals surface area (Å²) < 4.78 is 27.3. The highest BCUT2D eigenvalue weighted by atomic mass is 79.9. The van der Waals surface area contributed by atoms with E-state index in [1.54, 1.807) is 6.07 Å². The predicted octanol–water partition coefficient (Wildman–Crippen LogP) is 0.583. The maximum Gasteiger partial charge on any atom is 0.323 e. The Morgan fingerprint density at radius 3 is 2.41 bits per heavy atom. The van der Waals surface area contributed by atoms with Gasteiger partial charge in [0.05, 0.1) is 4.90 Å². The number of carbonyl (C=O) groups is 3. The van der Waals surface area contributed by atoms with Crippen molar-refractivity contribution in [2.24, 2.45) is 5.92 Å². The summed E-state index contributed by atoms with van der Waals surface area (Å²) in [6.07, 6.45) is 3.31. The first-order chi connectivity index (χ1) is 15.2. The fraction of sp³-hybridized carbons (Fsp3) is 0.550. The number of sulfonamides is 1. The quantitative estimate of drug-likeness (QED) is 0.264. The summed E-state index contributed by atoms with van der Waals surface area (Å²) in [7, 11) is -4.12. The topological polar surface area (TPSA) is 154 Å². The van der Waals surface area contributed by atoms with Gasteiger partial charge in [-0.25, -0.2) is 8.42 Å². The molecule has 0 aromatic heterocycles. The summed E-state index contributed by atoms with van der Waals surface area (Å²) in [5, 5.41) is 17.7. The molecule has 1 aliphatic rings. The molecule has 2 rings (SSSR count). The molecule has 5 N–H and O–H groups in total.